The standard InChI is InChI=1S/C22H26ClN5O2S/c1-26(2)22-24-10-18(15-5-7-17(23)8-6-15)21(25-22)16-4-3-9-27(11-16)19(29)12-28-14-31-13-20(28)30/h5-8,10,16H,3-4,9,11-14H2,1-2H3/t16-/m1/s1. The normalized spacial score (nSPS) is 19.1. The molecule has 4 rings (SSSR count). The van der Waals surface area contributed by atoms with Gasteiger partial charge in [-0.2, -0.15) is 0 Å². The van der Waals surface area contributed by atoms with Gasteiger partial charge in [-0.15, -0.1) is 11.8 Å². The van der Waals surface area contributed by atoms with Crippen LogP contribution >= 0.6 is 23.4 Å². The minimum atomic E-state index is 0.00971. The van der Waals surface area contributed by atoms with Gasteiger partial charge >= 0.3 is 0 Å². The summed E-state index contributed by atoms with van der Waals surface area (Å²) < 4.78 is 0. The minimum absolute atomic E-state index is 0.00971. The number of hydrogen-bond acceptors (Lipinski definition) is 6. The van der Waals surface area contributed by atoms with E-state index in [1.165, 1.54) is 0 Å². The molecule has 1 atom stereocenters. The number of nitrogens with zero attached hydrogens (tertiary/aromatic N) is 5. The Morgan fingerprint density at radius 3 is 2.74 bits per heavy atom. The van der Waals surface area contributed by atoms with Crippen molar-refractivity contribution in [1.82, 2.24) is 19.8 Å². The second-order valence-electron chi connectivity index (χ2n) is 8.12. The summed E-state index contributed by atoms with van der Waals surface area (Å²) in [6.07, 6.45) is 3.72. The molecule has 9 heteroatoms. The molecule has 0 aliphatic carbocycles. The molecular formula is C22H26ClN5O2S. The third-order valence-electron chi connectivity index (χ3n) is 5.67. The number of thioether (sulfide) groups is 1. The molecule has 0 radical (unpaired) electrons. The third-order valence-corrected chi connectivity index (χ3v) is 6.87. The highest BCUT2D eigenvalue weighted by Gasteiger charge is 2.31. The number of carbonyl (C=O) groups is 2. The van der Waals surface area contributed by atoms with Crippen molar-refractivity contribution < 1.29 is 9.59 Å². The lowest BCUT2D eigenvalue weighted by molar-refractivity contribution is -0.138. The number of benzene rings is 1. The summed E-state index contributed by atoms with van der Waals surface area (Å²) in [5, 5.41) is 0.681. The number of likely N-dealkylation sites (tertiary alicyclic amines) is 1. The highest BCUT2D eigenvalue weighted by atomic mass is 35.5. The zero-order valence-corrected chi connectivity index (χ0v) is 19.3. The summed E-state index contributed by atoms with van der Waals surface area (Å²) in [6.45, 7) is 1.47. The van der Waals surface area contributed by atoms with Gasteiger partial charge in [0.1, 0.15) is 6.54 Å². The van der Waals surface area contributed by atoms with Crippen LogP contribution in [0.2, 0.25) is 5.02 Å². The molecule has 2 saturated heterocycles. The van der Waals surface area contributed by atoms with E-state index in [1.807, 2.05) is 54.4 Å². The molecule has 1 aromatic heterocycles. The van der Waals surface area contributed by atoms with Crippen molar-refractivity contribution in [2.24, 2.45) is 0 Å². The first-order valence-electron chi connectivity index (χ1n) is 10.4. The van der Waals surface area contributed by atoms with Gasteiger partial charge in [-0.25, -0.2) is 9.97 Å². The molecule has 164 valence electrons. The summed E-state index contributed by atoms with van der Waals surface area (Å²) in [5.41, 5.74) is 2.92. The van der Waals surface area contributed by atoms with Crippen molar-refractivity contribution in [2.45, 2.75) is 18.8 Å². The van der Waals surface area contributed by atoms with Crippen LogP contribution in [-0.2, 0) is 9.59 Å². The van der Waals surface area contributed by atoms with Gasteiger partial charge in [0.05, 0.1) is 17.3 Å². The topological polar surface area (TPSA) is 69.6 Å². The fourth-order valence-corrected chi connectivity index (χ4v) is 5.02. The third kappa shape index (κ3) is 4.96. The number of piperidine rings is 1. The SMILES string of the molecule is CN(C)c1ncc(-c2ccc(Cl)cc2)c([C@@H]2CCCN(C(=O)CN3CSCC3=O)C2)n1. The lowest BCUT2D eigenvalue weighted by Crippen LogP contribution is -2.45. The Morgan fingerprint density at radius 1 is 1.29 bits per heavy atom. The van der Waals surface area contributed by atoms with Crippen molar-refractivity contribution in [3.05, 3.63) is 41.2 Å². The van der Waals surface area contributed by atoms with Crippen LogP contribution in [0.5, 0.6) is 0 Å². The van der Waals surface area contributed by atoms with Crippen LogP contribution in [0, 0.1) is 0 Å². The maximum absolute atomic E-state index is 12.9. The van der Waals surface area contributed by atoms with Crippen LogP contribution in [-0.4, -0.2) is 76.9 Å². The molecule has 1 aromatic carbocycles. The average Bonchev–Trinajstić information content (AvgIpc) is 3.18. The van der Waals surface area contributed by atoms with Gasteiger partial charge in [0.25, 0.3) is 0 Å². The highest BCUT2D eigenvalue weighted by Crippen LogP contribution is 2.34. The molecule has 0 bridgehead atoms. The molecule has 31 heavy (non-hydrogen) atoms. The second kappa shape index (κ2) is 9.44. The van der Waals surface area contributed by atoms with E-state index < -0.39 is 0 Å². The summed E-state index contributed by atoms with van der Waals surface area (Å²) >= 11 is 7.63. The Bertz CT molecular complexity index is 969. The molecule has 0 saturated carbocycles. The van der Waals surface area contributed by atoms with Gasteiger partial charge in [-0.1, -0.05) is 23.7 Å². The predicted octanol–water partition coefficient (Wildman–Crippen LogP) is 3.10. The van der Waals surface area contributed by atoms with E-state index in [0.29, 0.717) is 35.7 Å². The molecule has 7 nitrogen and oxygen atoms in total. The number of amides is 2. The van der Waals surface area contributed by atoms with Crippen molar-refractivity contribution >= 4 is 41.1 Å². The van der Waals surface area contributed by atoms with Crippen LogP contribution < -0.4 is 4.90 Å². The van der Waals surface area contributed by atoms with Crippen LogP contribution in [0.1, 0.15) is 24.5 Å². The summed E-state index contributed by atoms with van der Waals surface area (Å²) in [7, 11) is 3.84. The zero-order chi connectivity index (χ0) is 22.0. The lowest BCUT2D eigenvalue weighted by Gasteiger charge is -2.34. The quantitative estimate of drug-likeness (QED) is 0.684. The van der Waals surface area contributed by atoms with E-state index in [-0.39, 0.29) is 24.3 Å². The number of anilines is 1. The minimum Gasteiger partial charge on any atom is -0.347 e. The number of halogens is 1. The van der Waals surface area contributed by atoms with Crippen LogP contribution in [0.4, 0.5) is 5.95 Å². The summed E-state index contributed by atoms with van der Waals surface area (Å²) in [6, 6.07) is 7.68. The molecular weight excluding hydrogens is 434 g/mol. The van der Waals surface area contributed by atoms with E-state index in [9.17, 15) is 9.59 Å². The van der Waals surface area contributed by atoms with Crippen molar-refractivity contribution in [2.75, 3.05) is 50.3 Å². The average molecular weight is 460 g/mol. The van der Waals surface area contributed by atoms with Gasteiger partial charge < -0.3 is 14.7 Å². The molecule has 2 amide bonds. The van der Waals surface area contributed by atoms with Crippen LogP contribution in [0.25, 0.3) is 11.1 Å². The predicted molar refractivity (Wildman–Crippen MR) is 124 cm³/mol. The molecule has 2 aliphatic heterocycles. The van der Waals surface area contributed by atoms with Gasteiger partial charge in [0.2, 0.25) is 17.8 Å². The maximum Gasteiger partial charge on any atom is 0.242 e. The Balaban J connectivity index is 1.59. The number of carbonyl (C=O) groups excluding carboxylic acids is 2. The first-order valence-corrected chi connectivity index (χ1v) is 11.9. The van der Waals surface area contributed by atoms with Crippen molar-refractivity contribution in [1.29, 1.82) is 0 Å². The molecule has 2 aromatic rings. The summed E-state index contributed by atoms with van der Waals surface area (Å²) in [5.74, 6) is 1.87. The molecule has 3 heterocycles. The van der Waals surface area contributed by atoms with Gasteiger partial charge in [0.15, 0.2) is 0 Å². The Labute approximate surface area is 191 Å². The second-order valence-corrected chi connectivity index (χ2v) is 9.51. The molecule has 2 fully saturated rings. The maximum atomic E-state index is 12.9. The van der Waals surface area contributed by atoms with E-state index in [1.54, 1.807) is 16.7 Å². The smallest absolute Gasteiger partial charge is 0.242 e. The number of hydrogen-bond donors (Lipinski definition) is 0. The van der Waals surface area contributed by atoms with Crippen molar-refractivity contribution in [3.63, 3.8) is 0 Å². The largest absolute Gasteiger partial charge is 0.347 e. The number of rotatable bonds is 5. The monoisotopic (exact) mass is 459 g/mol. The fraction of sp³-hybridized carbons (Fsp3) is 0.455. The van der Waals surface area contributed by atoms with E-state index >= 15 is 0 Å². The summed E-state index contributed by atoms with van der Waals surface area (Å²) in [4.78, 5) is 39.6. The molecule has 0 spiro atoms. The lowest BCUT2D eigenvalue weighted by atomic mass is 9.90. The first kappa shape index (κ1) is 21.9. The first-order chi connectivity index (χ1) is 14.9. The van der Waals surface area contributed by atoms with E-state index in [2.05, 4.69) is 4.98 Å². The van der Waals surface area contributed by atoms with E-state index in [0.717, 1.165) is 29.7 Å². The molecule has 0 N–H and O–H groups in total. The Kier molecular flexibility index (Phi) is 6.67. The Morgan fingerprint density at radius 2 is 2.06 bits per heavy atom. The fourth-order valence-electron chi connectivity index (χ4n) is 3.99. The van der Waals surface area contributed by atoms with Gasteiger partial charge in [-0.05, 0) is 30.5 Å². The molecule has 2 aliphatic rings. The molecule has 0 unspecified atom stereocenters. The van der Waals surface area contributed by atoms with Crippen LogP contribution in [0.3, 0.4) is 0 Å². The van der Waals surface area contributed by atoms with Gasteiger partial charge in [-0.3, -0.25) is 9.59 Å². The number of aromatic nitrogens is 2. The zero-order valence-electron chi connectivity index (χ0n) is 17.8. The highest BCUT2D eigenvalue weighted by molar-refractivity contribution is 8.00. The van der Waals surface area contributed by atoms with Crippen molar-refractivity contribution in [3.8, 4) is 11.1 Å². The van der Waals surface area contributed by atoms with Crippen LogP contribution in [0.15, 0.2) is 30.5 Å². The van der Waals surface area contributed by atoms with E-state index in [4.69, 9.17) is 16.6 Å². The van der Waals surface area contributed by atoms with Gasteiger partial charge in [0, 0.05) is 49.9 Å². The Hall–Kier alpha value is -2.32.